The molecule has 0 saturated carbocycles. The zero-order valence-electron chi connectivity index (χ0n) is 6.14. The van der Waals surface area contributed by atoms with Crippen LogP contribution in [0.3, 0.4) is 0 Å². The smallest absolute Gasteiger partial charge is 0.377 e. The van der Waals surface area contributed by atoms with Crippen molar-refractivity contribution in [3.05, 3.63) is 5.01 Å². The van der Waals surface area contributed by atoms with Crippen LogP contribution in [0.2, 0.25) is 0 Å². The molecule has 1 aromatic rings. The molecular formula is C5H5N2O3S2. The summed E-state index contributed by atoms with van der Waals surface area (Å²) < 4.78 is 5.14. The topological polar surface area (TPSA) is 72.0 Å². The van der Waals surface area contributed by atoms with Crippen molar-refractivity contribution < 1.29 is 14.6 Å². The minimum Gasteiger partial charge on any atom is -0.377 e. The second kappa shape index (κ2) is 4.39. The van der Waals surface area contributed by atoms with Crippen molar-refractivity contribution in [2.75, 3.05) is 7.11 Å². The molecule has 0 bridgehead atoms. The first-order valence-electron chi connectivity index (χ1n) is 2.92. The lowest BCUT2D eigenvalue weighted by molar-refractivity contribution is 0.184. The Morgan fingerprint density at radius 3 is 3.00 bits per heavy atom. The molecule has 1 heterocycles. The monoisotopic (exact) mass is 205 g/mol. The third kappa shape index (κ3) is 2.76. The maximum absolute atomic E-state index is 10.1. The van der Waals surface area contributed by atoms with Crippen LogP contribution in [0.25, 0.3) is 0 Å². The van der Waals surface area contributed by atoms with Crippen LogP contribution >= 0.6 is 23.1 Å². The summed E-state index contributed by atoms with van der Waals surface area (Å²) in [5, 5.41) is 16.8. The van der Waals surface area contributed by atoms with Crippen molar-refractivity contribution in [1.29, 1.82) is 0 Å². The Hall–Kier alpha value is -0.660. The Kier molecular flexibility index (Phi) is 3.45. The van der Waals surface area contributed by atoms with Gasteiger partial charge in [-0.25, -0.2) is 9.90 Å². The molecule has 0 N–H and O–H groups in total. The number of hydrogen-bond donors (Lipinski definition) is 0. The highest BCUT2D eigenvalue weighted by Gasteiger charge is 2.09. The molecular weight excluding hydrogens is 200 g/mol. The van der Waals surface area contributed by atoms with E-state index in [1.165, 1.54) is 18.4 Å². The van der Waals surface area contributed by atoms with Crippen molar-refractivity contribution in [2.24, 2.45) is 0 Å². The average Bonchev–Trinajstić information content (AvgIpc) is 2.36. The van der Waals surface area contributed by atoms with Crippen molar-refractivity contribution in [1.82, 2.24) is 10.2 Å². The van der Waals surface area contributed by atoms with Gasteiger partial charge in [-0.2, -0.15) is 0 Å². The molecule has 1 radical (unpaired) electrons. The molecule has 7 heteroatoms. The Labute approximate surface area is 76.8 Å². The lowest BCUT2D eigenvalue weighted by atomic mass is 10.8. The zero-order valence-corrected chi connectivity index (χ0v) is 7.78. The van der Waals surface area contributed by atoms with Gasteiger partial charge in [0.2, 0.25) is 0 Å². The minimum absolute atomic E-state index is 0.352. The number of nitrogens with zero attached hydrogens (tertiary/aromatic N) is 2. The summed E-state index contributed by atoms with van der Waals surface area (Å²) in [6.07, 6.45) is 0. The van der Waals surface area contributed by atoms with Crippen molar-refractivity contribution in [3.63, 3.8) is 0 Å². The van der Waals surface area contributed by atoms with E-state index < -0.39 is 5.30 Å². The molecule has 0 atom stereocenters. The normalized spacial score (nSPS) is 10.1. The molecule has 5 nitrogen and oxygen atoms in total. The van der Waals surface area contributed by atoms with Gasteiger partial charge in [0.15, 0.2) is 4.34 Å². The van der Waals surface area contributed by atoms with E-state index in [9.17, 15) is 9.90 Å². The van der Waals surface area contributed by atoms with E-state index in [4.69, 9.17) is 4.74 Å². The molecule has 0 unspecified atom stereocenters. The number of thioether (sulfide) groups is 1. The Morgan fingerprint density at radius 1 is 1.67 bits per heavy atom. The van der Waals surface area contributed by atoms with Gasteiger partial charge in [-0.05, 0) is 0 Å². The van der Waals surface area contributed by atoms with Crippen LogP contribution < -0.4 is 0 Å². The van der Waals surface area contributed by atoms with Gasteiger partial charge in [-0.3, -0.25) is 0 Å². The predicted octanol–water partition coefficient (Wildman–Crippen LogP) is 1.33. The summed E-state index contributed by atoms with van der Waals surface area (Å²) in [5.41, 5.74) is 0. The molecule has 0 aromatic carbocycles. The molecule has 0 aliphatic rings. The SMILES string of the molecule is COCc1nnc(SC([O])=O)s1. The van der Waals surface area contributed by atoms with Gasteiger partial charge >= 0.3 is 5.30 Å². The summed E-state index contributed by atoms with van der Waals surface area (Å²) in [6, 6.07) is 0. The summed E-state index contributed by atoms with van der Waals surface area (Å²) in [5.74, 6) is 0. The minimum atomic E-state index is -1.23. The standard InChI is InChI=1S/C5H5N2O3S2/c1-10-2-3-6-7-4(11-3)12-5(8)9/h2H2,1H3. The van der Waals surface area contributed by atoms with Crippen LogP contribution in [0, 0.1) is 0 Å². The molecule has 65 valence electrons. The third-order valence-electron chi connectivity index (χ3n) is 0.887. The number of aromatic nitrogens is 2. The third-order valence-corrected chi connectivity index (χ3v) is 2.50. The number of rotatable bonds is 3. The average molecular weight is 205 g/mol. The summed E-state index contributed by atoms with van der Waals surface area (Å²) in [6.45, 7) is 0.352. The van der Waals surface area contributed by atoms with Gasteiger partial charge in [0.25, 0.3) is 0 Å². The van der Waals surface area contributed by atoms with Gasteiger partial charge in [-0.1, -0.05) is 11.3 Å². The lowest BCUT2D eigenvalue weighted by Gasteiger charge is -1.87. The highest BCUT2D eigenvalue weighted by Crippen LogP contribution is 2.22. The largest absolute Gasteiger partial charge is 0.420 e. The fraction of sp³-hybridized carbons (Fsp3) is 0.400. The molecule has 12 heavy (non-hydrogen) atoms. The van der Waals surface area contributed by atoms with E-state index in [0.717, 1.165) is 0 Å². The first-order chi connectivity index (χ1) is 5.72. The number of ether oxygens (including phenoxy) is 1. The number of methoxy groups -OCH3 is 1. The van der Waals surface area contributed by atoms with Gasteiger partial charge in [0, 0.05) is 18.9 Å². The van der Waals surface area contributed by atoms with Crippen molar-refractivity contribution in [3.8, 4) is 0 Å². The van der Waals surface area contributed by atoms with Crippen LogP contribution in [-0.2, 0) is 16.5 Å². The lowest BCUT2D eigenvalue weighted by Crippen LogP contribution is -1.84. The molecule has 1 rings (SSSR count). The van der Waals surface area contributed by atoms with Crippen LogP contribution in [-0.4, -0.2) is 22.6 Å². The van der Waals surface area contributed by atoms with E-state index in [2.05, 4.69) is 10.2 Å². The molecule has 0 aliphatic heterocycles. The Morgan fingerprint density at radius 2 is 2.42 bits per heavy atom. The molecule has 0 fully saturated rings. The first kappa shape index (κ1) is 9.43. The number of carbonyl (C=O) groups is 1. The fourth-order valence-corrected chi connectivity index (χ4v) is 1.96. The van der Waals surface area contributed by atoms with Gasteiger partial charge in [-0.15, -0.1) is 10.2 Å². The molecule has 0 spiro atoms. The second-order valence-electron chi connectivity index (χ2n) is 1.75. The van der Waals surface area contributed by atoms with E-state index in [1.807, 2.05) is 0 Å². The van der Waals surface area contributed by atoms with E-state index >= 15 is 0 Å². The first-order valence-corrected chi connectivity index (χ1v) is 4.56. The summed E-state index contributed by atoms with van der Waals surface area (Å²) >= 11 is 1.72. The van der Waals surface area contributed by atoms with E-state index in [-0.39, 0.29) is 0 Å². The maximum atomic E-state index is 10.1. The van der Waals surface area contributed by atoms with Crippen molar-refractivity contribution in [2.45, 2.75) is 10.9 Å². The van der Waals surface area contributed by atoms with Gasteiger partial charge < -0.3 is 4.74 Å². The van der Waals surface area contributed by atoms with E-state index in [1.54, 1.807) is 0 Å². The molecule has 1 aromatic heterocycles. The highest BCUT2D eigenvalue weighted by atomic mass is 32.2. The summed E-state index contributed by atoms with van der Waals surface area (Å²) in [4.78, 5) is 10.1. The molecule has 0 amide bonds. The predicted molar refractivity (Wildman–Crippen MR) is 42.6 cm³/mol. The van der Waals surface area contributed by atoms with Crippen LogP contribution in [0.15, 0.2) is 4.34 Å². The quantitative estimate of drug-likeness (QED) is 0.696. The maximum Gasteiger partial charge on any atom is 0.420 e. The molecule has 0 aliphatic carbocycles. The van der Waals surface area contributed by atoms with Crippen LogP contribution in [0.5, 0.6) is 0 Å². The highest BCUT2D eigenvalue weighted by molar-refractivity contribution is 8.14. The molecule has 0 saturated heterocycles. The van der Waals surface area contributed by atoms with Crippen LogP contribution in [0.1, 0.15) is 5.01 Å². The van der Waals surface area contributed by atoms with Crippen LogP contribution in [0.4, 0.5) is 4.79 Å². The fourth-order valence-electron chi connectivity index (χ4n) is 0.533. The van der Waals surface area contributed by atoms with E-state index in [0.29, 0.717) is 27.7 Å². The second-order valence-corrected chi connectivity index (χ2v) is 3.99. The Bertz CT molecular complexity index is 275. The Balaban J connectivity index is 2.58. The zero-order chi connectivity index (χ0) is 8.97. The number of carbonyl (C=O) groups excluding carboxylic acids is 1. The number of hydrogen-bond acceptors (Lipinski definition) is 6. The van der Waals surface area contributed by atoms with Gasteiger partial charge in [0.1, 0.15) is 5.01 Å². The summed E-state index contributed by atoms with van der Waals surface area (Å²) in [7, 11) is 1.53. The van der Waals surface area contributed by atoms with Crippen molar-refractivity contribution >= 4 is 28.4 Å². The van der Waals surface area contributed by atoms with Gasteiger partial charge in [0.05, 0.1) is 6.61 Å².